The number of ether oxygens (including phenoxy) is 2. The molecule has 0 spiro atoms. The Bertz CT molecular complexity index is 1160. The maximum Gasteiger partial charge on any atom is 0.225 e. The minimum absolute atomic E-state index is 0.175. The molecule has 8 heteroatoms. The minimum Gasteiger partial charge on any atom is -0.490 e. The molecule has 0 saturated carbocycles. The van der Waals surface area contributed by atoms with Crippen LogP contribution in [-0.4, -0.2) is 39.8 Å². The van der Waals surface area contributed by atoms with Crippen LogP contribution < -0.4 is 14.4 Å². The van der Waals surface area contributed by atoms with Crippen LogP contribution in [0.25, 0.3) is 11.1 Å². The Kier molecular flexibility index (Phi) is 5.78. The molecule has 2 aromatic carbocycles. The smallest absolute Gasteiger partial charge is 0.225 e. The number of hydrogen-bond acceptors (Lipinski definition) is 6. The Hall–Kier alpha value is -3.00. The van der Waals surface area contributed by atoms with Gasteiger partial charge in [-0.25, -0.2) is 14.4 Å². The van der Waals surface area contributed by atoms with Crippen molar-refractivity contribution in [2.45, 2.75) is 24.7 Å². The van der Waals surface area contributed by atoms with Crippen molar-refractivity contribution in [3.63, 3.8) is 0 Å². The van der Waals surface area contributed by atoms with Gasteiger partial charge < -0.3 is 14.4 Å². The summed E-state index contributed by atoms with van der Waals surface area (Å²) in [5.74, 6) is 1.64. The largest absolute Gasteiger partial charge is 0.490 e. The highest BCUT2D eigenvalue weighted by atomic mass is 32.2. The molecule has 2 aliphatic rings. The van der Waals surface area contributed by atoms with E-state index in [4.69, 9.17) is 9.47 Å². The zero-order valence-corrected chi connectivity index (χ0v) is 18.6. The number of anilines is 1. The molecule has 32 heavy (non-hydrogen) atoms. The SMILES string of the molecule is CCc1cnc(N2CCC(COc3ccc(-c4ccc5c(c4)OCS5=O)cc3F)C2)nc1. The van der Waals surface area contributed by atoms with Gasteiger partial charge in [0.15, 0.2) is 17.5 Å². The lowest BCUT2D eigenvalue weighted by atomic mass is 10.0. The molecule has 0 aliphatic carbocycles. The molecule has 1 fully saturated rings. The van der Waals surface area contributed by atoms with Crippen molar-refractivity contribution in [2.75, 3.05) is 30.5 Å². The zero-order chi connectivity index (χ0) is 22.1. The quantitative estimate of drug-likeness (QED) is 0.557. The van der Waals surface area contributed by atoms with Crippen LogP contribution in [-0.2, 0) is 17.2 Å². The Balaban J connectivity index is 1.21. The molecule has 0 radical (unpaired) electrons. The number of fused-ring (bicyclic) bond motifs is 1. The number of benzene rings is 2. The third-order valence-corrected chi connectivity index (χ3v) is 7.08. The molecular weight excluding hydrogens is 429 g/mol. The van der Waals surface area contributed by atoms with Gasteiger partial charge >= 0.3 is 0 Å². The summed E-state index contributed by atoms with van der Waals surface area (Å²) in [4.78, 5) is 11.7. The number of aryl methyl sites for hydroxylation is 1. The fourth-order valence-electron chi connectivity index (χ4n) is 4.02. The van der Waals surface area contributed by atoms with Crippen molar-refractivity contribution in [1.29, 1.82) is 0 Å². The van der Waals surface area contributed by atoms with Crippen LogP contribution in [0.1, 0.15) is 18.9 Å². The first-order valence-electron chi connectivity index (χ1n) is 10.7. The lowest BCUT2D eigenvalue weighted by Crippen LogP contribution is -2.23. The highest BCUT2D eigenvalue weighted by molar-refractivity contribution is 7.85. The second-order valence-electron chi connectivity index (χ2n) is 8.07. The van der Waals surface area contributed by atoms with Crippen LogP contribution in [0.5, 0.6) is 11.5 Å². The number of halogens is 1. The summed E-state index contributed by atoms with van der Waals surface area (Å²) in [7, 11) is -1.12. The normalized spacial score (nSPS) is 19.6. The summed E-state index contributed by atoms with van der Waals surface area (Å²) in [5.41, 5.74) is 2.65. The third kappa shape index (κ3) is 4.19. The molecule has 2 aliphatic heterocycles. The molecule has 166 valence electrons. The van der Waals surface area contributed by atoms with Gasteiger partial charge in [-0.05, 0) is 53.8 Å². The lowest BCUT2D eigenvalue weighted by Gasteiger charge is -2.17. The van der Waals surface area contributed by atoms with E-state index in [0.29, 0.717) is 23.2 Å². The van der Waals surface area contributed by atoms with Crippen molar-refractivity contribution < 1.29 is 18.1 Å². The molecule has 0 N–H and O–H groups in total. The van der Waals surface area contributed by atoms with E-state index in [2.05, 4.69) is 21.8 Å². The lowest BCUT2D eigenvalue weighted by molar-refractivity contribution is 0.250. The monoisotopic (exact) mass is 453 g/mol. The summed E-state index contributed by atoms with van der Waals surface area (Å²) in [6, 6.07) is 10.4. The Morgan fingerprint density at radius 3 is 2.75 bits per heavy atom. The van der Waals surface area contributed by atoms with E-state index in [1.165, 1.54) is 6.07 Å². The molecule has 1 aromatic heterocycles. The van der Waals surface area contributed by atoms with Crippen LogP contribution in [0, 0.1) is 11.7 Å². The average molecular weight is 454 g/mol. The number of nitrogens with zero attached hydrogens (tertiary/aromatic N) is 3. The maximum atomic E-state index is 14.7. The molecule has 3 heterocycles. The van der Waals surface area contributed by atoms with E-state index in [-0.39, 0.29) is 11.7 Å². The fourth-order valence-corrected chi connectivity index (χ4v) is 4.94. The first-order chi connectivity index (χ1) is 15.6. The maximum absolute atomic E-state index is 14.7. The molecule has 0 amide bonds. The molecule has 6 nitrogen and oxygen atoms in total. The van der Waals surface area contributed by atoms with Crippen molar-refractivity contribution >= 4 is 16.7 Å². The molecular formula is C24H24FN3O3S. The summed E-state index contributed by atoms with van der Waals surface area (Å²) in [6.07, 6.45) is 5.61. The predicted molar refractivity (Wildman–Crippen MR) is 121 cm³/mol. The van der Waals surface area contributed by atoms with Crippen molar-refractivity contribution in [3.8, 4) is 22.6 Å². The van der Waals surface area contributed by atoms with Gasteiger partial charge in [-0.3, -0.25) is 4.21 Å². The summed E-state index contributed by atoms with van der Waals surface area (Å²) >= 11 is 0. The molecule has 2 unspecified atom stereocenters. The number of hydrogen-bond donors (Lipinski definition) is 0. The van der Waals surface area contributed by atoms with E-state index in [9.17, 15) is 8.60 Å². The third-order valence-electron chi connectivity index (χ3n) is 5.92. The van der Waals surface area contributed by atoms with E-state index in [1.54, 1.807) is 18.2 Å². The summed E-state index contributed by atoms with van der Waals surface area (Å²) < 4.78 is 37.8. The predicted octanol–water partition coefficient (Wildman–Crippen LogP) is 4.21. The highest BCUT2D eigenvalue weighted by Gasteiger charge is 2.25. The standard InChI is InChI=1S/C24H24FN3O3S/c1-2-16-11-26-24(27-12-16)28-8-7-17(13-28)14-30-21-5-3-18(9-20(21)25)19-4-6-23-22(10-19)31-15-32(23)29/h3-6,9-12,17H,2,7-8,13-15H2,1H3. The van der Waals surface area contributed by atoms with E-state index >= 15 is 0 Å². The topological polar surface area (TPSA) is 64.6 Å². The summed E-state index contributed by atoms with van der Waals surface area (Å²) in [5, 5.41) is 0. The van der Waals surface area contributed by atoms with Gasteiger partial charge in [0, 0.05) is 31.4 Å². The van der Waals surface area contributed by atoms with Crippen molar-refractivity contribution in [3.05, 3.63) is 60.2 Å². The Morgan fingerprint density at radius 2 is 1.97 bits per heavy atom. The van der Waals surface area contributed by atoms with Crippen LogP contribution in [0.4, 0.5) is 10.3 Å². The van der Waals surface area contributed by atoms with E-state index in [1.807, 2.05) is 24.5 Å². The molecule has 1 saturated heterocycles. The first-order valence-corrected chi connectivity index (χ1v) is 12.1. The van der Waals surface area contributed by atoms with E-state index in [0.717, 1.165) is 48.6 Å². The van der Waals surface area contributed by atoms with Crippen LogP contribution in [0.2, 0.25) is 0 Å². The van der Waals surface area contributed by atoms with Gasteiger partial charge in [-0.1, -0.05) is 19.1 Å². The number of rotatable bonds is 6. The first kappa shape index (κ1) is 20.9. The van der Waals surface area contributed by atoms with Crippen molar-refractivity contribution in [1.82, 2.24) is 9.97 Å². The van der Waals surface area contributed by atoms with Gasteiger partial charge in [-0.15, -0.1) is 0 Å². The van der Waals surface area contributed by atoms with Crippen LogP contribution in [0.15, 0.2) is 53.7 Å². The van der Waals surface area contributed by atoms with Gasteiger partial charge in [0.05, 0.1) is 22.3 Å². The molecule has 3 aromatic rings. The average Bonchev–Trinajstić information content (AvgIpc) is 3.45. The van der Waals surface area contributed by atoms with Crippen molar-refractivity contribution in [2.24, 2.45) is 5.92 Å². The Labute approximate surface area is 188 Å². The number of aromatic nitrogens is 2. The van der Waals surface area contributed by atoms with Gasteiger partial charge in [-0.2, -0.15) is 0 Å². The van der Waals surface area contributed by atoms with Crippen LogP contribution in [0.3, 0.4) is 0 Å². The summed E-state index contributed by atoms with van der Waals surface area (Å²) in [6.45, 7) is 4.18. The second-order valence-corrected chi connectivity index (χ2v) is 9.44. The second kappa shape index (κ2) is 8.86. The highest BCUT2D eigenvalue weighted by Crippen LogP contribution is 2.34. The fraction of sp³-hybridized carbons (Fsp3) is 0.333. The Morgan fingerprint density at radius 1 is 1.19 bits per heavy atom. The molecule has 5 rings (SSSR count). The molecule has 0 bridgehead atoms. The van der Waals surface area contributed by atoms with Crippen LogP contribution >= 0.6 is 0 Å². The zero-order valence-electron chi connectivity index (χ0n) is 17.8. The van der Waals surface area contributed by atoms with Gasteiger partial charge in [0.25, 0.3) is 0 Å². The van der Waals surface area contributed by atoms with E-state index < -0.39 is 16.6 Å². The van der Waals surface area contributed by atoms with Gasteiger partial charge in [0.2, 0.25) is 5.95 Å². The van der Waals surface area contributed by atoms with Gasteiger partial charge in [0.1, 0.15) is 5.75 Å². The minimum atomic E-state index is -1.12. The molecule has 2 atom stereocenters.